The second-order valence-electron chi connectivity index (χ2n) is 4.34. The van der Waals surface area contributed by atoms with Crippen molar-refractivity contribution in [3.63, 3.8) is 0 Å². The maximum Gasteiger partial charge on any atom is 0.324 e. The van der Waals surface area contributed by atoms with E-state index in [1.54, 1.807) is 9.80 Å². The highest BCUT2D eigenvalue weighted by Crippen LogP contribution is 2.20. The number of carbonyl (C=O) groups excluding carboxylic acids is 1. The molecule has 92 valence electrons. The standard InChI is InChI=1S/C13H18N2O2/c1-11-4-2-5-12(10-11)15-7-3-6-14(8-9-16)13(15)17/h2,4-5,10,16H,3,6-9H2,1H3. The van der Waals surface area contributed by atoms with Crippen molar-refractivity contribution in [3.8, 4) is 0 Å². The van der Waals surface area contributed by atoms with Crippen molar-refractivity contribution in [2.45, 2.75) is 13.3 Å². The molecule has 0 aliphatic carbocycles. The van der Waals surface area contributed by atoms with Crippen LogP contribution >= 0.6 is 0 Å². The van der Waals surface area contributed by atoms with E-state index in [4.69, 9.17) is 5.11 Å². The monoisotopic (exact) mass is 234 g/mol. The van der Waals surface area contributed by atoms with Gasteiger partial charge in [-0.25, -0.2) is 4.79 Å². The van der Waals surface area contributed by atoms with Crippen LogP contribution in [0.3, 0.4) is 0 Å². The number of rotatable bonds is 3. The Morgan fingerprint density at radius 3 is 2.88 bits per heavy atom. The molecule has 17 heavy (non-hydrogen) atoms. The summed E-state index contributed by atoms with van der Waals surface area (Å²) in [5, 5.41) is 8.92. The largest absolute Gasteiger partial charge is 0.395 e. The zero-order chi connectivity index (χ0) is 12.3. The van der Waals surface area contributed by atoms with Crippen LogP contribution in [0.15, 0.2) is 24.3 Å². The molecule has 1 saturated heterocycles. The molecule has 4 heteroatoms. The summed E-state index contributed by atoms with van der Waals surface area (Å²) in [5.74, 6) is 0. The normalized spacial score (nSPS) is 16.5. The number of anilines is 1. The molecule has 0 bridgehead atoms. The van der Waals surface area contributed by atoms with Gasteiger partial charge in [0, 0.05) is 25.3 Å². The maximum atomic E-state index is 12.2. The smallest absolute Gasteiger partial charge is 0.324 e. The summed E-state index contributed by atoms with van der Waals surface area (Å²) in [7, 11) is 0. The molecule has 0 spiro atoms. The number of urea groups is 1. The highest BCUT2D eigenvalue weighted by atomic mass is 16.3. The molecule has 1 aliphatic rings. The minimum Gasteiger partial charge on any atom is -0.395 e. The number of aliphatic hydroxyl groups is 1. The minimum atomic E-state index is -0.00380. The fourth-order valence-electron chi connectivity index (χ4n) is 2.15. The van der Waals surface area contributed by atoms with Gasteiger partial charge in [-0.3, -0.25) is 4.90 Å². The number of aryl methyl sites for hydroxylation is 1. The van der Waals surface area contributed by atoms with E-state index in [0.717, 1.165) is 30.8 Å². The second kappa shape index (κ2) is 5.19. The molecule has 0 unspecified atom stereocenters. The van der Waals surface area contributed by atoms with E-state index < -0.39 is 0 Å². The minimum absolute atomic E-state index is 0.00380. The van der Waals surface area contributed by atoms with Crippen LogP contribution in [-0.2, 0) is 0 Å². The molecule has 0 aromatic heterocycles. The Hall–Kier alpha value is -1.55. The van der Waals surface area contributed by atoms with Crippen LogP contribution in [0, 0.1) is 6.92 Å². The van der Waals surface area contributed by atoms with Gasteiger partial charge in [-0.2, -0.15) is 0 Å². The average Bonchev–Trinajstić information content (AvgIpc) is 2.32. The van der Waals surface area contributed by atoms with E-state index in [9.17, 15) is 4.79 Å². The van der Waals surface area contributed by atoms with Crippen molar-refractivity contribution in [2.75, 3.05) is 31.1 Å². The fraction of sp³-hybridized carbons (Fsp3) is 0.462. The highest BCUT2D eigenvalue weighted by molar-refractivity contribution is 5.92. The van der Waals surface area contributed by atoms with Gasteiger partial charge >= 0.3 is 6.03 Å². The van der Waals surface area contributed by atoms with Crippen LogP contribution in [0.5, 0.6) is 0 Å². The number of hydrogen-bond donors (Lipinski definition) is 1. The first-order chi connectivity index (χ1) is 8.22. The summed E-state index contributed by atoms with van der Waals surface area (Å²) >= 11 is 0. The Labute approximate surface area is 101 Å². The first-order valence-electron chi connectivity index (χ1n) is 5.96. The topological polar surface area (TPSA) is 43.8 Å². The Kier molecular flexibility index (Phi) is 3.64. The molecule has 2 amide bonds. The van der Waals surface area contributed by atoms with E-state index in [-0.39, 0.29) is 12.6 Å². The Morgan fingerprint density at radius 2 is 2.18 bits per heavy atom. The van der Waals surface area contributed by atoms with Crippen molar-refractivity contribution in [1.82, 2.24) is 4.90 Å². The Morgan fingerprint density at radius 1 is 1.35 bits per heavy atom. The van der Waals surface area contributed by atoms with Crippen LogP contribution < -0.4 is 4.90 Å². The van der Waals surface area contributed by atoms with E-state index in [2.05, 4.69) is 0 Å². The quantitative estimate of drug-likeness (QED) is 0.863. The summed E-state index contributed by atoms with van der Waals surface area (Å²) in [6, 6.07) is 7.94. The molecule has 1 N–H and O–H groups in total. The van der Waals surface area contributed by atoms with Crippen LogP contribution in [0.2, 0.25) is 0 Å². The van der Waals surface area contributed by atoms with Gasteiger partial charge in [0.05, 0.1) is 6.61 Å². The van der Waals surface area contributed by atoms with Gasteiger partial charge in [0.1, 0.15) is 0 Å². The van der Waals surface area contributed by atoms with Gasteiger partial charge in [-0.1, -0.05) is 12.1 Å². The molecular weight excluding hydrogens is 216 g/mol. The average molecular weight is 234 g/mol. The summed E-state index contributed by atoms with van der Waals surface area (Å²) in [6.45, 7) is 3.95. The predicted molar refractivity (Wildman–Crippen MR) is 67.2 cm³/mol. The number of hydrogen-bond acceptors (Lipinski definition) is 2. The number of benzene rings is 1. The van der Waals surface area contributed by atoms with E-state index in [1.807, 2.05) is 31.2 Å². The third-order valence-corrected chi connectivity index (χ3v) is 2.99. The lowest BCUT2D eigenvalue weighted by Gasteiger charge is -2.35. The SMILES string of the molecule is Cc1cccc(N2CCCN(CCO)C2=O)c1. The van der Waals surface area contributed by atoms with Crippen molar-refractivity contribution in [2.24, 2.45) is 0 Å². The summed E-state index contributed by atoms with van der Waals surface area (Å²) in [6.07, 6.45) is 0.944. The lowest BCUT2D eigenvalue weighted by Crippen LogP contribution is -2.50. The molecule has 4 nitrogen and oxygen atoms in total. The van der Waals surface area contributed by atoms with E-state index >= 15 is 0 Å². The van der Waals surface area contributed by atoms with Crippen LogP contribution in [0.1, 0.15) is 12.0 Å². The van der Waals surface area contributed by atoms with Gasteiger partial charge < -0.3 is 10.0 Å². The number of nitrogens with zero attached hydrogens (tertiary/aromatic N) is 2. The van der Waals surface area contributed by atoms with Crippen molar-refractivity contribution >= 4 is 11.7 Å². The second-order valence-corrected chi connectivity index (χ2v) is 4.34. The van der Waals surface area contributed by atoms with Gasteiger partial charge in [-0.15, -0.1) is 0 Å². The Balaban J connectivity index is 2.17. The molecule has 2 rings (SSSR count). The van der Waals surface area contributed by atoms with Gasteiger partial charge in [0.15, 0.2) is 0 Å². The molecule has 1 aromatic rings. The summed E-state index contributed by atoms with van der Waals surface area (Å²) < 4.78 is 0. The molecule has 0 atom stereocenters. The lowest BCUT2D eigenvalue weighted by molar-refractivity contribution is 0.174. The lowest BCUT2D eigenvalue weighted by atomic mass is 10.2. The third-order valence-electron chi connectivity index (χ3n) is 2.99. The molecule has 0 radical (unpaired) electrons. The Bertz CT molecular complexity index is 404. The number of aliphatic hydroxyl groups excluding tert-OH is 1. The van der Waals surface area contributed by atoms with Crippen LogP contribution in [0.25, 0.3) is 0 Å². The van der Waals surface area contributed by atoms with E-state index in [1.165, 1.54) is 0 Å². The molecule has 0 saturated carbocycles. The zero-order valence-corrected chi connectivity index (χ0v) is 10.1. The molecule has 1 heterocycles. The number of carbonyl (C=O) groups is 1. The van der Waals surface area contributed by atoms with Gasteiger partial charge in [-0.05, 0) is 31.0 Å². The van der Waals surface area contributed by atoms with Crippen LogP contribution in [0.4, 0.5) is 10.5 Å². The predicted octanol–water partition coefficient (Wildman–Crippen LogP) is 1.62. The van der Waals surface area contributed by atoms with Crippen LogP contribution in [-0.4, -0.2) is 42.3 Å². The molecule has 1 aliphatic heterocycles. The van der Waals surface area contributed by atoms with Crippen molar-refractivity contribution < 1.29 is 9.90 Å². The molecular formula is C13H18N2O2. The van der Waals surface area contributed by atoms with Crippen molar-refractivity contribution in [3.05, 3.63) is 29.8 Å². The third kappa shape index (κ3) is 2.58. The molecule has 1 aromatic carbocycles. The first kappa shape index (κ1) is 11.9. The molecule has 1 fully saturated rings. The van der Waals surface area contributed by atoms with E-state index in [0.29, 0.717) is 6.54 Å². The zero-order valence-electron chi connectivity index (χ0n) is 10.1. The summed E-state index contributed by atoms with van der Waals surface area (Å²) in [5.41, 5.74) is 2.09. The van der Waals surface area contributed by atoms with Gasteiger partial charge in [0.25, 0.3) is 0 Å². The number of β-amino-alcohol motifs (C(OH)–C–C–N with tert-alkyl or cyclic N) is 1. The highest BCUT2D eigenvalue weighted by Gasteiger charge is 2.25. The first-order valence-corrected chi connectivity index (χ1v) is 5.96. The fourth-order valence-corrected chi connectivity index (χ4v) is 2.15. The van der Waals surface area contributed by atoms with Crippen molar-refractivity contribution in [1.29, 1.82) is 0 Å². The summed E-state index contributed by atoms with van der Waals surface area (Å²) in [4.78, 5) is 15.7. The number of amides is 2. The maximum absolute atomic E-state index is 12.2. The van der Waals surface area contributed by atoms with Gasteiger partial charge in [0.2, 0.25) is 0 Å².